The molecule has 2 N–H and O–H groups in total. The van der Waals surface area contributed by atoms with Gasteiger partial charge in [0.05, 0.1) is 13.3 Å². The number of ether oxygens (including phenoxy) is 1. The fraction of sp³-hybridized carbons (Fsp3) is 0.0625. The number of benzene rings is 2. The number of aromatic amines is 1. The summed E-state index contributed by atoms with van der Waals surface area (Å²) >= 11 is 11.2. The quantitative estimate of drug-likeness (QED) is 0.547. The Morgan fingerprint density at radius 2 is 2.17 bits per heavy atom. The predicted octanol–water partition coefficient (Wildman–Crippen LogP) is 3.86. The monoisotopic (exact) mass is 360 g/mol. The van der Waals surface area contributed by atoms with E-state index < -0.39 is 0 Å². The van der Waals surface area contributed by atoms with Gasteiger partial charge < -0.3 is 9.84 Å². The number of hydrogen-bond acceptors (Lipinski definition) is 5. The van der Waals surface area contributed by atoms with Crippen LogP contribution < -0.4 is 4.74 Å². The second-order valence-corrected chi connectivity index (χ2v) is 5.67. The van der Waals surface area contributed by atoms with Crippen LogP contribution in [0.4, 0.5) is 0 Å². The molecule has 0 atom stereocenters. The van der Waals surface area contributed by atoms with Gasteiger partial charge in [-0.1, -0.05) is 23.7 Å². The van der Waals surface area contributed by atoms with Gasteiger partial charge in [0, 0.05) is 10.6 Å². The third-order valence-electron chi connectivity index (χ3n) is 3.26. The fourth-order valence-electron chi connectivity index (χ4n) is 2.11. The molecule has 0 fully saturated rings. The first-order valence-corrected chi connectivity index (χ1v) is 7.72. The van der Waals surface area contributed by atoms with Crippen molar-refractivity contribution in [3.8, 4) is 22.9 Å². The maximum absolute atomic E-state index is 9.63. The van der Waals surface area contributed by atoms with Crippen molar-refractivity contribution < 1.29 is 9.84 Å². The number of rotatable bonds is 4. The van der Waals surface area contributed by atoms with Crippen LogP contribution in [0.3, 0.4) is 0 Å². The van der Waals surface area contributed by atoms with E-state index in [1.54, 1.807) is 30.5 Å². The molecule has 0 aliphatic carbocycles. The maximum atomic E-state index is 9.63. The normalized spacial score (nSPS) is 11.1. The van der Waals surface area contributed by atoms with Crippen molar-refractivity contribution in [3.05, 3.63) is 57.8 Å². The molecule has 24 heavy (non-hydrogen) atoms. The molecule has 3 rings (SSSR count). The molecule has 0 unspecified atom stereocenters. The Labute approximate surface area is 148 Å². The lowest BCUT2D eigenvalue weighted by Crippen LogP contribution is -1.95. The molecule has 0 saturated carbocycles. The van der Waals surface area contributed by atoms with E-state index in [1.165, 1.54) is 17.9 Å². The molecule has 0 spiro atoms. The molecule has 0 bridgehead atoms. The van der Waals surface area contributed by atoms with E-state index in [-0.39, 0.29) is 5.75 Å². The molecule has 8 heteroatoms. The third kappa shape index (κ3) is 3.32. The van der Waals surface area contributed by atoms with E-state index in [4.69, 9.17) is 28.6 Å². The van der Waals surface area contributed by atoms with Gasteiger partial charge in [0.25, 0.3) is 0 Å². The maximum Gasteiger partial charge on any atom is 0.216 e. The van der Waals surface area contributed by atoms with Crippen molar-refractivity contribution in [3.63, 3.8) is 0 Å². The Balaban J connectivity index is 1.99. The molecule has 2 aromatic carbocycles. The summed E-state index contributed by atoms with van der Waals surface area (Å²) in [6, 6.07) is 12.2. The van der Waals surface area contributed by atoms with E-state index in [1.807, 2.05) is 12.1 Å². The number of methoxy groups -OCH3 is 1. The number of halogens is 1. The topological polar surface area (TPSA) is 75.4 Å². The van der Waals surface area contributed by atoms with E-state index >= 15 is 0 Å². The number of aromatic hydroxyl groups is 1. The Morgan fingerprint density at radius 1 is 1.33 bits per heavy atom. The van der Waals surface area contributed by atoms with E-state index in [9.17, 15) is 5.11 Å². The minimum absolute atomic E-state index is 0.0641. The van der Waals surface area contributed by atoms with Gasteiger partial charge in [0.2, 0.25) is 4.77 Å². The molecule has 0 saturated heterocycles. The number of aromatic nitrogens is 3. The Hall–Kier alpha value is -2.64. The zero-order chi connectivity index (χ0) is 17.1. The number of phenols is 1. The number of H-pyrrole nitrogens is 1. The molecule has 0 aliphatic rings. The molecule has 6 nitrogen and oxygen atoms in total. The number of nitrogens with one attached hydrogen (secondary N) is 1. The largest absolute Gasteiger partial charge is 0.504 e. The average Bonchev–Trinajstić information content (AvgIpc) is 2.95. The van der Waals surface area contributed by atoms with Gasteiger partial charge in [-0.15, -0.1) is 0 Å². The second kappa shape index (κ2) is 6.86. The highest BCUT2D eigenvalue weighted by Gasteiger charge is 2.08. The van der Waals surface area contributed by atoms with E-state index in [0.717, 1.165) is 11.1 Å². The lowest BCUT2D eigenvalue weighted by atomic mass is 10.2. The molecular weight excluding hydrogens is 348 g/mol. The van der Waals surface area contributed by atoms with Crippen LogP contribution in [0.1, 0.15) is 5.56 Å². The van der Waals surface area contributed by atoms with Crippen LogP contribution >= 0.6 is 23.8 Å². The second-order valence-electron chi connectivity index (χ2n) is 4.85. The van der Waals surface area contributed by atoms with E-state index in [2.05, 4.69) is 15.3 Å². The van der Waals surface area contributed by atoms with Crippen LogP contribution in [-0.4, -0.2) is 33.3 Å². The molecule has 1 heterocycles. The minimum Gasteiger partial charge on any atom is -0.504 e. The molecule has 0 amide bonds. The van der Waals surface area contributed by atoms with Gasteiger partial charge in [-0.25, -0.2) is 5.10 Å². The first-order valence-electron chi connectivity index (χ1n) is 6.93. The van der Waals surface area contributed by atoms with Crippen molar-refractivity contribution in [2.45, 2.75) is 0 Å². The van der Waals surface area contributed by atoms with Gasteiger partial charge in [-0.05, 0) is 48.1 Å². The summed E-state index contributed by atoms with van der Waals surface area (Å²) in [6.45, 7) is 0. The number of phenolic OH excluding ortho intramolecular Hbond substituents is 1. The summed E-state index contributed by atoms with van der Waals surface area (Å²) in [6.07, 6.45) is 1.60. The highest BCUT2D eigenvalue weighted by atomic mass is 35.5. The highest BCUT2D eigenvalue weighted by molar-refractivity contribution is 7.71. The SMILES string of the molecule is COc1cc(/C=N\n2c(-c3cccc(Cl)c3)n[nH]c2=S)ccc1O. The Morgan fingerprint density at radius 3 is 2.92 bits per heavy atom. The van der Waals surface area contributed by atoms with Crippen LogP contribution in [0, 0.1) is 4.77 Å². The van der Waals surface area contributed by atoms with Gasteiger partial charge >= 0.3 is 0 Å². The van der Waals surface area contributed by atoms with Crippen LogP contribution in [-0.2, 0) is 0 Å². The standard InChI is InChI=1S/C16H13ClN4O2S/c1-23-14-7-10(5-6-13(14)22)9-18-21-15(19-20-16(21)24)11-3-2-4-12(17)8-11/h2-9,22H,1H3,(H,20,24)/b18-9-. The Kier molecular flexibility index (Phi) is 4.64. The van der Waals surface area contributed by atoms with Crippen molar-refractivity contribution in [2.75, 3.05) is 7.11 Å². The predicted molar refractivity (Wildman–Crippen MR) is 95.5 cm³/mol. The van der Waals surface area contributed by atoms with Crippen molar-refractivity contribution in [1.82, 2.24) is 14.9 Å². The summed E-state index contributed by atoms with van der Waals surface area (Å²) in [4.78, 5) is 0. The van der Waals surface area contributed by atoms with Crippen LogP contribution in [0.15, 0.2) is 47.6 Å². The first kappa shape index (κ1) is 16.2. The Bertz CT molecular complexity index is 965. The molecule has 3 aromatic rings. The summed E-state index contributed by atoms with van der Waals surface area (Å²) in [7, 11) is 1.49. The summed E-state index contributed by atoms with van der Waals surface area (Å²) < 4.78 is 6.93. The zero-order valence-electron chi connectivity index (χ0n) is 12.6. The minimum atomic E-state index is 0.0641. The molecule has 122 valence electrons. The smallest absolute Gasteiger partial charge is 0.216 e. The van der Waals surface area contributed by atoms with Crippen LogP contribution in [0.25, 0.3) is 11.4 Å². The summed E-state index contributed by atoms with van der Waals surface area (Å²) in [5.41, 5.74) is 1.53. The van der Waals surface area contributed by atoms with Gasteiger partial charge in [-0.3, -0.25) is 0 Å². The summed E-state index contributed by atoms with van der Waals surface area (Å²) in [5.74, 6) is 0.975. The molecular formula is C16H13ClN4O2S. The van der Waals surface area contributed by atoms with Crippen molar-refractivity contribution >= 4 is 30.0 Å². The lowest BCUT2D eigenvalue weighted by molar-refractivity contribution is 0.373. The van der Waals surface area contributed by atoms with Crippen molar-refractivity contribution in [1.29, 1.82) is 0 Å². The van der Waals surface area contributed by atoms with Gasteiger partial charge in [0.1, 0.15) is 0 Å². The van der Waals surface area contributed by atoms with Gasteiger partial charge in [0.15, 0.2) is 17.3 Å². The first-order chi connectivity index (χ1) is 11.6. The van der Waals surface area contributed by atoms with Crippen molar-refractivity contribution in [2.24, 2.45) is 5.10 Å². The van der Waals surface area contributed by atoms with E-state index in [0.29, 0.717) is 21.4 Å². The molecule has 0 aliphatic heterocycles. The lowest BCUT2D eigenvalue weighted by Gasteiger charge is -2.04. The number of hydrogen-bond donors (Lipinski definition) is 2. The fourth-order valence-corrected chi connectivity index (χ4v) is 2.48. The van der Waals surface area contributed by atoms with Gasteiger partial charge in [-0.2, -0.15) is 14.9 Å². The molecule has 1 aromatic heterocycles. The van der Waals surface area contributed by atoms with Crippen LogP contribution in [0.2, 0.25) is 5.02 Å². The molecule has 0 radical (unpaired) electrons. The third-order valence-corrected chi connectivity index (χ3v) is 3.76. The number of nitrogens with zero attached hydrogens (tertiary/aromatic N) is 3. The highest BCUT2D eigenvalue weighted by Crippen LogP contribution is 2.26. The zero-order valence-corrected chi connectivity index (χ0v) is 14.2. The summed E-state index contributed by atoms with van der Waals surface area (Å²) in [5, 5.41) is 21.5. The van der Waals surface area contributed by atoms with Crippen LogP contribution in [0.5, 0.6) is 11.5 Å². The average molecular weight is 361 g/mol.